The van der Waals surface area contributed by atoms with Gasteiger partial charge >= 0.3 is 5.97 Å². The zero-order valence-electron chi connectivity index (χ0n) is 20.1. The first-order valence-electron chi connectivity index (χ1n) is 11.4. The molecule has 1 atom stereocenters. The SMILES string of the molecule is CCCCCOC(=O)C1=C(C)NC2=C(C(=O)CC(C)(C)C2)C1c1ccc(OC)cc1OC. The maximum absolute atomic E-state index is 13.4. The van der Waals surface area contributed by atoms with Crippen molar-refractivity contribution >= 4 is 11.8 Å². The Hall–Kier alpha value is -2.76. The molecule has 3 rings (SSSR count). The summed E-state index contributed by atoms with van der Waals surface area (Å²) in [6.07, 6.45) is 4.04. The largest absolute Gasteiger partial charge is 0.497 e. The van der Waals surface area contributed by atoms with E-state index in [9.17, 15) is 9.59 Å². The number of methoxy groups -OCH3 is 2. The Balaban J connectivity index is 2.11. The van der Waals surface area contributed by atoms with Crippen molar-refractivity contribution < 1.29 is 23.8 Å². The Morgan fingerprint density at radius 3 is 2.56 bits per heavy atom. The third-order valence-electron chi connectivity index (χ3n) is 6.19. The quantitative estimate of drug-likeness (QED) is 0.450. The number of allylic oxidation sites excluding steroid dienone is 3. The molecule has 1 aromatic carbocycles. The molecule has 174 valence electrons. The minimum absolute atomic E-state index is 0.0513. The zero-order chi connectivity index (χ0) is 23.5. The maximum Gasteiger partial charge on any atom is 0.336 e. The highest BCUT2D eigenvalue weighted by atomic mass is 16.5. The smallest absolute Gasteiger partial charge is 0.336 e. The molecule has 0 bridgehead atoms. The van der Waals surface area contributed by atoms with Crippen LogP contribution in [0.25, 0.3) is 0 Å². The van der Waals surface area contributed by atoms with Crippen molar-refractivity contribution in [1.29, 1.82) is 0 Å². The fourth-order valence-corrected chi connectivity index (χ4v) is 4.67. The molecular weight excluding hydrogens is 406 g/mol. The van der Waals surface area contributed by atoms with E-state index < -0.39 is 11.9 Å². The number of esters is 1. The molecular formula is C26H35NO5. The van der Waals surface area contributed by atoms with E-state index in [4.69, 9.17) is 14.2 Å². The van der Waals surface area contributed by atoms with Crippen LogP contribution in [0.4, 0.5) is 0 Å². The molecule has 1 heterocycles. The number of rotatable bonds is 8. The summed E-state index contributed by atoms with van der Waals surface area (Å²) >= 11 is 0. The molecule has 1 aliphatic heterocycles. The predicted molar refractivity (Wildman–Crippen MR) is 124 cm³/mol. The second-order valence-electron chi connectivity index (χ2n) is 9.38. The van der Waals surface area contributed by atoms with Gasteiger partial charge in [0, 0.05) is 35.0 Å². The Morgan fingerprint density at radius 1 is 1.16 bits per heavy atom. The number of benzene rings is 1. The van der Waals surface area contributed by atoms with E-state index in [2.05, 4.69) is 26.1 Å². The van der Waals surface area contributed by atoms with Crippen molar-refractivity contribution in [2.45, 2.75) is 65.7 Å². The lowest BCUT2D eigenvalue weighted by molar-refractivity contribution is -0.139. The van der Waals surface area contributed by atoms with Crippen LogP contribution in [-0.2, 0) is 14.3 Å². The number of ketones is 1. The number of carbonyl (C=O) groups is 2. The van der Waals surface area contributed by atoms with Crippen molar-refractivity contribution in [2.24, 2.45) is 5.41 Å². The van der Waals surface area contributed by atoms with Crippen LogP contribution in [0.3, 0.4) is 0 Å². The van der Waals surface area contributed by atoms with Gasteiger partial charge in [-0.3, -0.25) is 4.79 Å². The zero-order valence-corrected chi connectivity index (χ0v) is 20.1. The number of ether oxygens (including phenoxy) is 3. The van der Waals surface area contributed by atoms with Gasteiger partial charge in [-0.25, -0.2) is 4.79 Å². The van der Waals surface area contributed by atoms with E-state index in [1.165, 1.54) is 0 Å². The molecule has 0 amide bonds. The summed E-state index contributed by atoms with van der Waals surface area (Å²) in [7, 11) is 3.18. The van der Waals surface area contributed by atoms with Gasteiger partial charge in [0.05, 0.1) is 32.3 Å². The highest BCUT2D eigenvalue weighted by Gasteiger charge is 2.44. The highest BCUT2D eigenvalue weighted by Crippen LogP contribution is 2.49. The Morgan fingerprint density at radius 2 is 1.91 bits per heavy atom. The second-order valence-corrected chi connectivity index (χ2v) is 9.38. The van der Waals surface area contributed by atoms with E-state index >= 15 is 0 Å². The molecule has 0 fully saturated rings. The number of dihydropyridines is 1. The van der Waals surface area contributed by atoms with Gasteiger partial charge in [-0.15, -0.1) is 0 Å². The van der Waals surface area contributed by atoms with Crippen LogP contribution in [0.15, 0.2) is 40.7 Å². The lowest BCUT2D eigenvalue weighted by atomic mass is 9.68. The van der Waals surface area contributed by atoms with Crippen molar-refractivity contribution in [3.05, 3.63) is 46.3 Å². The fraction of sp³-hybridized carbons (Fsp3) is 0.538. The molecule has 1 aliphatic carbocycles. The van der Waals surface area contributed by atoms with Gasteiger partial charge in [-0.1, -0.05) is 39.7 Å². The number of carbonyl (C=O) groups excluding carboxylic acids is 2. The third-order valence-corrected chi connectivity index (χ3v) is 6.19. The summed E-state index contributed by atoms with van der Waals surface area (Å²) < 4.78 is 16.7. The highest BCUT2D eigenvalue weighted by molar-refractivity contribution is 6.04. The monoisotopic (exact) mass is 441 g/mol. The van der Waals surface area contributed by atoms with E-state index in [0.29, 0.717) is 35.7 Å². The Bertz CT molecular complexity index is 957. The Labute approximate surface area is 191 Å². The standard InChI is InChI=1S/C26H35NO5/c1-7-8-9-12-32-25(29)22-16(2)27-19-14-26(3,4)15-20(28)24(19)23(22)18-11-10-17(30-5)13-21(18)31-6/h10-11,13,23,27H,7-9,12,14-15H2,1-6H3. The van der Waals surface area contributed by atoms with E-state index in [-0.39, 0.29) is 11.2 Å². The van der Waals surface area contributed by atoms with Crippen LogP contribution in [0.2, 0.25) is 0 Å². The topological polar surface area (TPSA) is 73.9 Å². The van der Waals surface area contributed by atoms with Gasteiger partial charge in [0.15, 0.2) is 5.78 Å². The molecule has 32 heavy (non-hydrogen) atoms. The summed E-state index contributed by atoms with van der Waals surface area (Å²) in [5.41, 5.74) is 3.33. The van der Waals surface area contributed by atoms with Gasteiger partial charge in [-0.2, -0.15) is 0 Å². The van der Waals surface area contributed by atoms with Crippen LogP contribution in [-0.4, -0.2) is 32.6 Å². The third kappa shape index (κ3) is 4.84. The fourth-order valence-electron chi connectivity index (χ4n) is 4.67. The van der Waals surface area contributed by atoms with E-state index in [0.717, 1.165) is 42.6 Å². The predicted octanol–water partition coefficient (Wildman–Crippen LogP) is 5.04. The van der Waals surface area contributed by atoms with Crippen LogP contribution in [0.5, 0.6) is 11.5 Å². The van der Waals surface area contributed by atoms with Crippen LogP contribution in [0, 0.1) is 5.41 Å². The number of unbranched alkanes of at least 4 members (excludes halogenated alkanes) is 2. The van der Waals surface area contributed by atoms with Crippen molar-refractivity contribution in [2.75, 3.05) is 20.8 Å². The number of hydrogen-bond acceptors (Lipinski definition) is 6. The average Bonchev–Trinajstić information content (AvgIpc) is 2.74. The molecule has 0 saturated heterocycles. The first-order chi connectivity index (χ1) is 15.2. The van der Waals surface area contributed by atoms with Gasteiger partial charge < -0.3 is 19.5 Å². The first kappa shape index (κ1) is 23.9. The summed E-state index contributed by atoms with van der Waals surface area (Å²) in [5, 5.41) is 3.37. The van der Waals surface area contributed by atoms with Gasteiger partial charge in [0.25, 0.3) is 0 Å². The average molecular weight is 442 g/mol. The molecule has 1 aromatic rings. The summed E-state index contributed by atoms with van der Waals surface area (Å²) in [4.78, 5) is 26.7. The molecule has 0 spiro atoms. The molecule has 2 aliphatic rings. The summed E-state index contributed by atoms with van der Waals surface area (Å²) in [6.45, 7) is 8.53. The molecule has 0 radical (unpaired) electrons. The van der Waals surface area contributed by atoms with E-state index in [1.54, 1.807) is 20.3 Å². The van der Waals surface area contributed by atoms with E-state index in [1.807, 2.05) is 19.1 Å². The molecule has 0 saturated carbocycles. The summed E-state index contributed by atoms with van der Waals surface area (Å²) in [6, 6.07) is 5.49. The van der Waals surface area contributed by atoms with Gasteiger partial charge in [-0.05, 0) is 31.2 Å². The molecule has 1 unspecified atom stereocenters. The second kappa shape index (κ2) is 9.80. The minimum Gasteiger partial charge on any atom is -0.497 e. The molecule has 6 nitrogen and oxygen atoms in total. The molecule has 6 heteroatoms. The molecule has 0 aromatic heterocycles. The normalized spacial score (nSPS) is 19.9. The first-order valence-corrected chi connectivity index (χ1v) is 11.4. The van der Waals surface area contributed by atoms with Crippen molar-refractivity contribution in [1.82, 2.24) is 5.32 Å². The minimum atomic E-state index is -0.547. The number of nitrogens with one attached hydrogen (secondary N) is 1. The molecule has 1 N–H and O–H groups in total. The lowest BCUT2D eigenvalue weighted by Gasteiger charge is -2.39. The van der Waals surface area contributed by atoms with Gasteiger partial charge in [0.1, 0.15) is 11.5 Å². The van der Waals surface area contributed by atoms with Crippen LogP contribution < -0.4 is 14.8 Å². The lowest BCUT2D eigenvalue weighted by Crippen LogP contribution is -2.38. The van der Waals surface area contributed by atoms with Crippen LogP contribution in [0.1, 0.15) is 71.3 Å². The maximum atomic E-state index is 13.4. The van der Waals surface area contributed by atoms with Crippen LogP contribution >= 0.6 is 0 Å². The Kier molecular flexibility index (Phi) is 7.32. The number of Topliss-reactive ketones (excluding diaryl/α,β-unsaturated/α-hetero) is 1. The van der Waals surface area contributed by atoms with Gasteiger partial charge in [0.2, 0.25) is 0 Å². The number of hydrogen-bond donors (Lipinski definition) is 1. The van der Waals surface area contributed by atoms with Crippen molar-refractivity contribution in [3.63, 3.8) is 0 Å². The van der Waals surface area contributed by atoms with Crippen molar-refractivity contribution in [3.8, 4) is 11.5 Å². The summed E-state index contributed by atoms with van der Waals surface area (Å²) in [5.74, 6) is 0.335.